The molecule has 0 heterocycles. The lowest BCUT2D eigenvalue weighted by atomic mass is 10.1. The summed E-state index contributed by atoms with van der Waals surface area (Å²) in [6.07, 6.45) is 0.977. The van der Waals surface area contributed by atoms with Crippen molar-refractivity contribution in [3.05, 3.63) is 29.6 Å². The molecule has 1 aromatic carbocycles. The molecule has 3 nitrogen and oxygen atoms in total. The highest BCUT2D eigenvalue weighted by molar-refractivity contribution is 5.36. The Labute approximate surface area is 102 Å². The average molecular weight is 241 g/mol. The van der Waals surface area contributed by atoms with E-state index in [0.717, 1.165) is 12.0 Å². The first-order valence-corrected chi connectivity index (χ1v) is 5.90. The maximum atomic E-state index is 13.1. The van der Waals surface area contributed by atoms with Crippen molar-refractivity contribution in [1.82, 2.24) is 0 Å². The SMILES string of the molecule is CCCOCCOc1cc(F)ccc1[C@@H](C)N. The third-order valence-corrected chi connectivity index (χ3v) is 2.30. The Morgan fingerprint density at radius 2 is 2.06 bits per heavy atom. The van der Waals surface area contributed by atoms with E-state index in [1.54, 1.807) is 6.07 Å². The largest absolute Gasteiger partial charge is 0.491 e. The van der Waals surface area contributed by atoms with Gasteiger partial charge in [-0.05, 0) is 19.4 Å². The molecule has 0 spiro atoms. The summed E-state index contributed by atoms with van der Waals surface area (Å²) in [5, 5.41) is 0. The molecule has 96 valence electrons. The fraction of sp³-hybridized carbons (Fsp3) is 0.538. The Balaban J connectivity index is 2.53. The van der Waals surface area contributed by atoms with Gasteiger partial charge >= 0.3 is 0 Å². The molecule has 0 radical (unpaired) electrons. The Hall–Kier alpha value is -1.13. The predicted molar refractivity (Wildman–Crippen MR) is 65.6 cm³/mol. The van der Waals surface area contributed by atoms with Crippen molar-refractivity contribution in [3.8, 4) is 5.75 Å². The zero-order valence-electron chi connectivity index (χ0n) is 10.4. The van der Waals surface area contributed by atoms with Gasteiger partial charge in [0.05, 0.1) is 6.61 Å². The molecule has 1 rings (SSSR count). The third-order valence-electron chi connectivity index (χ3n) is 2.30. The highest BCUT2D eigenvalue weighted by Crippen LogP contribution is 2.24. The standard InChI is InChI=1S/C13H20FNO2/c1-3-6-16-7-8-17-13-9-11(14)4-5-12(13)10(2)15/h4-5,9-10H,3,6-8,15H2,1-2H3/t10-/m1/s1. The molecule has 0 aliphatic carbocycles. The summed E-state index contributed by atoms with van der Waals surface area (Å²) < 4.78 is 23.9. The van der Waals surface area contributed by atoms with E-state index in [2.05, 4.69) is 0 Å². The van der Waals surface area contributed by atoms with Crippen LogP contribution in [0.4, 0.5) is 4.39 Å². The number of benzene rings is 1. The van der Waals surface area contributed by atoms with E-state index in [4.69, 9.17) is 15.2 Å². The Morgan fingerprint density at radius 3 is 2.71 bits per heavy atom. The maximum absolute atomic E-state index is 13.1. The topological polar surface area (TPSA) is 44.5 Å². The first kappa shape index (κ1) is 13.9. The number of rotatable bonds is 7. The Bertz CT molecular complexity index is 342. The van der Waals surface area contributed by atoms with Gasteiger partial charge in [-0.3, -0.25) is 0 Å². The molecule has 0 aromatic heterocycles. The van der Waals surface area contributed by atoms with Gasteiger partial charge < -0.3 is 15.2 Å². The van der Waals surface area contributed by atoms with E-state index in [9.17, 15) is 4.39 Å². The van der Waals surface area contributed by atoms with Gasteiger partial charge in [0, 0.05) is 24.3 Å². The van der Waals surface area contributed by atoms with Crippen molar-refractivity contribution in [2.24, 2.45) is 5.73 Å². The summed E-state index contributed by atoms with van der Waals surface area (Å²) in [6, 6.07) is 4.22. The highest BCUT2D eigenvalue weighted by Gasteiger charge is 2.09. The smallest absolute Gasteiger partial charge is 0.127 e. The number of hydrogen-bond donors (Lipinski definition) is 1. The minimum absolute atomic E-state index is 0.179. The van der Waals surface area contributed by atoms with Crippen LogP contribution >= 0.6 is 0 Å². The van der Waals surface area contributed by atoms with Crippen LogP contribution in [0.3, 0.4) is 0 Å². The monoisotopic (exact) mass is 241 g/mol. The molecule has 1 aromatic rings. The zero-order valence-corrected chi connectivity index (χ0v) is 10.4. The van der Waals surface area contributed by atoms with Crippen LogP contribution in [0.15, 0.2) is 18.2 Å². The fourth-order valence-electron chi connectivity index (χ4n) is 1.47. The average Bonchev–Trinajstić information content (AvgIpc) is 2.28. The zero-order chi connectivity index (χ0) is 12.7. The van der Waals surface area contributed by atoms with Gasteiger partial charge in [0.15, 0.2) is 0 Å². The summed E-state index contributed by atoms with van der Waals surface area (Å²) >= 11 is 0. The lowest BCUT2D eigenvalue weighted by Crippen LogP contribution is -2.12. The minimum atomic E-state index is -0.320. The van der Waals surface area contributed by atoms with Crippen LogP contribution in [-0.4, -0.2) is 19.8 Å². The number of nitrogens with two attached hydrogens (primary N) is 1. The fourth-order valence-corrected chi connectivity index (χ4v) is 1.47. The van der Waals surface area contributed by atoms with E-state index < -0.39 is 0 Å². The Morgan fingerprint density at radius 1 is 1.29 bits per heavy atom. The van der Waals surface area contributed by atoms with Gasteiger partial charge in [-0.25, -0.2) is 4.39 Å². The van der Waals surface area contributed by atoms with E-state index >= 15 is 0 Å². The second-order valence-electron chi connectivity index (χ2n) is 3.93. The summed E-state index contributed by atoms with van der Waals surface area (Å²) in [7, 11) is 0. The van der Waals surface area contributed by atoms with Crippen LogP contribution < -0.4 is 10.5 Å². The highest BCUT2D eigenvalue weighted by atomic mass is 19.1. The van der Waals surface area contributed by atoms with Gasteiger partial charge in [-0.15, -0.1) is 0 Å². The third kappa shape index (κ3) is 4.71. The molecule has 0 aliphatic rings. The van der Waals surface area contributed by atoms with Crippen molar-refractivity contribution < 1.29 is 13.9 Å². The Kier molecular flexibility index (Phi) is 5.94. The number of halogens is 1. The van der Waals surface area contributed by atoms with E-state index in [-0.39, 0.29) is 11.9 Å². The van der Waals surface area contributed by atoms with Gasteiger partial charge in [-0.1, -0.05) is 13.0 Å². The van der Waals surface area contributed by atoms with Crippen LogP contribution in [0, 0.1) is 5.82 Å². The van der Waals surface area contributed by atoms with Crippen molar-refractivity contribution in [3.63, 3.8) is 0 Å². The molecule has 0 saturated heterocycles. The molecule has 17 heavy (non-hydrogen) atoms. The lowest BCUT2D eigenvalue weighted by Gasteiger charge is -2.14. The summed E-state index contributed by atoms with van der Waals surface area (Å²) in [6.45, 7) is 5.51. The van der Waals surface area contributed by atoms with Crippen LogP contribution in [0.2, 0.25) is 0 Å². The van der Waals surface area contributed by atoms with Gasteiger partial charge in [-0.2, -0.15) is 0 Å². The lowest BCUT2D eigenvalue weighted by molar-refractivity contribution is 0.100. The van der Waals surface area contributed by atoms with Crippen molar-refractivity contribution in [1.29, 1.82) is 0 Å². The van der Waals surface area contributed by atoms with Gasteiger partial charge in [0.1, 0.15) is 18.2 Å². The van der Waals surface area contributed by atoms with Crippen molar-refractivity contribution in [2.45, 2.75) is 26.3 Å². The molecule has 0 aliphatic heterocycles. The summed E-state index contributed by atoms with van der Waals surface area (Å²) in [5.74, 6) is 0.180. The molecule has 4 heteroatoms. The summed E-state index contributed by atoms with van der Waals surface area (Å²) in [4.78, 5) is 0. The van der Waals surface area contributed by atoms with Crippen LogP contribution in [-0.2, 0) is 4.74 Å². The normalized spacial score (nSPS) is 12.5. The molecule has 0 saturated carbocycles. The maximum Gasteiger partial charge on any atom is 0.127 e. The second kappa shape index (κ2) is 7.25. The molecule has 2 N–H and O–H groups in total. The summed E-state index contributed by atoms with van der Waals surface area (Å²) in [5.41, 5.74) is 6.59. The molecular weight excluding hydrogens is 221 g/mol. The van der Waals surface area contributed by atoms with E-state index in [0.29, 0.717) is 25.6 Å². The molecule has 1 atom stereocenters. The quantitative estimate of drug-likeness (QED) is 0.746. The second-order valence-corrected chi connectivity index (χ2v) is 3.93. The predicted octanol–water partition coefficient (Wildman–Crippen LogP) is 2.65. The molecular formula is C13H20FNO2. The van der Waals surface area contributed by atoms with E-state index in [1.807, 2.05) is 13.8 Å². The first-order chi connectivity index (χ1) is 8.15. The molecule has 0 unspecified atom stereocenters. The van der Waals surface area contributed by atoms with Crippen LogP contribution in [0.1, 0.15) is 31.9 Å². The van der Waals surface area contributed by atoms with Crippen LogP contribution in [0.5, 0.6) is 5.75 Å². The molecule has 0 bridgehead atoms. The van der Waals surface area contributed by atoms with Crippen molar-refractivity contribution >= 4 is 0 Å². The number of hydrogen-bond acceptors (Lipinski definition) is 3. The minimum Gasteiger partial charge on any atom is -0.491 e. The first-order valence-electron chi connectivity index (χ1n) is 5.90. The van der Waals surface area contributed by atoms with Gasteiger partial charge in [0.25, 0.3) is 0 Å². The van der Waals surface area contributed by atoms with Gasteiger partial charge in [0.2, 0.25) is 0 Å². The molecule has 0 fully saturated rings. The van der Waals surface area contributed by atoms with E-state index in [1.165, 1.54) is 12.1 Å². The van der Waals surface area contributed by atoms with Crippen molar-refractivity contribution in [2.75, 3.05) is 19.8 Å². The molecule has 0 amide bonds. The van der Waals surface area contributed by atoms with Crippen LogP contribution in [0.25, 0.3) is 0 Å². The number of ether oxygens (including phenoxy) is 2.